The fourth-order valence-electron chi connectivity index (χ4n) is 1.73. The minimum Gasteiger partial charge on any atom is -0.369 e. The van der Waals surface area contributed by atoms with Crippen molar-refractivity contribution < 1.29 is 19.5 Å². The van der Waals surface area contributed by atoms with Crippen LogP contribution in [0.2, 0.25) is 0 Å². The quantitative estimate of drug-likeness (QED) is 0.800. The van der Waals surface area contributed by atoms with E-state index in [9.17, 15) is 15.0 Å². The van der Waals surface area contributed by atoms with E-state index in [1.807, 2.05) is 13.8 Å². The largest absolute Gasteiger partial charge is 0.369 e. The minimum atomic E-state index is -1.38. The van der Waals surface area contributed by atoms with Gasteiger partial charge in [0.15, 0.2) is 18.3 Å². The second-order valence-corrected chi connectivity index (χ2v) is 5.42. The molecule has 2 N–H and O–H groups in total. The third-order valence-corrected chi connectivity index (χ3v) is 3.85. The maximum absolute atomic E-state index is 11.9. The second-order valence-electron chi connectivity index (χ2n) is 5.16. The maximum Gasteiger partial charge on any atom is 0.329 e. The molecule has 1 saturated heterocycles. The number of nitrogens with zero attached hydrogens (tertiary/aromatic N) is 3. The van der Waals surface area contributed by atoms with Gasteiger partial charge < -0.3 is 14.7 Å². The molecular weight excluding hydrogens is 274 g/mol. The lowest BCUT2D eigenvalue weighted by atomic mass is 9.93. The van der Waals surface area contributed by atoms with E-state index in [-0.39, 0.29) is 5.82 Å². The van der Waals surface area contributed by atoms with Crippen LogP contribution >= 0.6 is 11.6 Å². The van der Waals surface area contributed by atoms with E-state index >= 15 is 0 Å². The fourth-order valence-corrected chi connectivity index (χ4v) is 1.86. The van der Waals surface area contributed by atoms with Crippen LogP contribution in [0.25, 0.3) is 0 Å². The zero-order chi connectivity index (χ0) is 14.4. The van der Waals surface area contributed by atoms with Crippen molar-refractivity contribution in [2.45, 2.75) is 31.7 Å². The van der Waals surface area contributed by atoms with Gasteiger partial charge in [0, 0.05) is 24.4 Å². The highest BCUT2D eigenvalue weighted by molar-refractivity contribution is 6.18. The van der Waals surface area contributed by atoms with Crippen LogP contribution in [0.15, 0.2) is 10.6 Å². The summed E-state index contributed by atoms with van der Waals surface area (Å²) < 4.78 is 5.16. The molecule has 0 aliphatic carbocycles. The molecule has 2 heterocycles. The van der Waals surface area contributed by atoms with Gasteiger partial charge in [0.1, 0.15) is 5.76 Å². The van der Waals surface area contributed by atoms with Crippen LogP contribution in [0, 0.1) is 0 Å². The van der Waals surface area contributed by atoms with E-state index in [0.29, 0.717) is 11.6 Å². The van der Waals surface area contributed by atoms with Crippen LogP contribution < -0.4 is 4.90 Å². The molecule has 1 aromatic rings. The Morgan fingerprint density at radius 3 is 2.58 bits per heavy atom. The topological polar surface area (TPSA) is 90.0 Å². The molecule has 106 valence electrons. The molecule has 1 aliphatic heterocycles. The van der Waals surface area contributed by atoms with Crippen molar-refractivity contribution in [3.05, 3.63) is 11.8 Å². The first-order valence-electron chi connectivity index (χ1n) is 5.75. The molecule has 19 heavy (non-hydrogen) atoms. The van der Waals surface area contributed by atoms with E-state index in [2.05, 4.69) is 5.16 Å². The van der Waals surface area contributed by atoms with E-state index in [1.165, 1.54) is 13.1 Å². The van der Waals surface area contributed by atoms with Crippen molar-refractivity contribution in [1.29, 1.82) is 0 Å². The van der Waals surface area contributed by atoms with Gasteiger partial charge in [-0.05, 0) is 0 Å². The molecule has 1 fully saturated rings. The Bertz CT molecular complexity index is 490. The smallest absolute Gasteiger partial charge is 0.329 e. The fraction of sp³-hybridized carbons (Fsp3) is 0.636. The molecule has 2 atom stereocenters. The summed E-state index contributed by atoms with van der Waals surface area (Å²) in [6, 6.07) is 0.985. The number of anilines is 1. The average Bonchev–Trinajstić information content (AvgIpc) is 2.92. The summed E-state index contributed by atoms with van der Waals surface area (Å²) in [6.45, 7) is 3.74. The Labute approximate surface area is 115 Å². The first-order valence-corrected chi connectivity index (χ1v) is 6.28. The van der Waals surface area contributed by atoms with Crippen molar-refractivity contribution >= 4 is 23.4 Å². The van der Waals surface area contributed by atoms with E-state index in [4.69, 9.17) is 16.1 Å². The molecule has 7 nitrogen and oxygen atoms in total. The van der Waals surface area contributed by atoms with Gasteiger partial charge in [-0.15, -0.1) is 11.6 Å². The van der Waals surface area contributed by atoms with E-state index in [0.717, 1.165) is 9.80 Å². The molecule has 1 aromatic heterocycles. The Balaban J connectivity index is 2.31. The molecule has 8 heteroatoms. The minimum absolute atomic E-state index is 0.147. The van der Waals surface area contributed by atoms with Gasteiger partial charge in [-0.3, -0.25) is 4.90 Å². The highest BCUT2D eigenvalue weighted by Gasteiger charge is 2.44. The zero-order valence-electron chi connectivity index (χ0n) is 10.9. The normalized spacial score (nSPS) is 24.4. The van der Waals surface area contributed by atoms with E-state index < -0.39 is 23.9 Å². The molecule has 0 radical (unpaired) electrons. The van der Waals surface area contributed by atoms with Crippen molar-refractivity contribution in [3.63, 3.8) is 0 Å². The SMILES string of the molecule is CN1C(=O)N(c2cc(C(C)(C)CCl)on2)C(O)C1O. The molecular formula is C11H16ClN3O4. The number of aromatic nitrogens is 1. The number of halogens is 1. The number of hydrogen-bond acceptors (Lipinski definition) is 5. The van der Waals surface area contributed by atoms with Crippen molar-refractivity contribution in [2.24, 2.45) is 0 Å². The van der Waals surface area contributed by atoms with Crippen LogP contribution in [-0.4, -0.2) is 51.7 Å². The number of aliphatic hydroxyl groups excluding tert-OH is 2. The second kappa shape index (κ2) is 4.66. The standard InChI is InChI=1S/C11H16ClN3O4/c1-11(2,5-12)6-4-7(13-19-6)15-9(17)8(16)14(3)10(15)18/h4,8-9,16-17H,5H2,1-3H3. The highest BCUT2D eigenvalue weighted by atomic mass is 35.5. The first kappa shape index (κ1) is 14.1. The molecule has 0 spiro atoms. The first-order chi connectivity index (χ1) is 8.79. The van der Waals surface area contributed by atoms with Gasteiger partial charge in [0.25, 0.3) is 0 Å². The Hall–Kier alpha value is -1.31. The molecule has 2 amide bonds. The van der Waals surface area contributed by atoms with Crippen molar-refractivity contribution in [1.82, 2.24) is 10.1 Å². The number of urea groups is 1. The highest BCUT2D eigenvalue weighted by Crippen LogP contribution is 2.31. The number of carbonyl (C=O) groups is 1. The van der Waals surface area contributed by atoms with Crippen LogP contribution in [-0.2, 0) is 5.41 Å². The lowest BCUT2D eigenvalue weighted by Gasteiger charge is -2.17. The Kier molecular flexibility index (Phi) is 3.46. The number of aliphatic hydroxyl groups is 2. The third-order valence-electron chi connectivity index (χ3n) is 3.18. The molecule has 0 aromatic carbocycles. The van der Waals surface area contributed by atoms with Gasteiger partial charge in [-0.25, -0.2) is 9.69 Å². The molecule has 0 bridgehead atoms. The third kappa shape index (κ3) is 2.18. The summed E-state index contributed by atoms with van der Waals surface area (Å²) in [7, 11) is 1.39. The van der Waals surface area contributed by atoms with Crippen LogP contribution in [0.3, 0.4) is 0 Å². The summed E-state index contributed by atoms with van der Waals surface area (Å²) in [4.78, 5) is 13.9. The summed E-state index contributed by atoms with van der Waals surface area (Å²) in [5.41, 5.74) is -0.439. The number of rotatable bonds is 3. The molecule has 0 saturated carbocycles. The van der Waals surface area contributed by atoms with Gasteiger partial charge in [-0.2, -0.15) is 0 Å². The monoisotopic (exact) mass is 289 g/mol. The number of hydrogen-bond donors (Lipinski definition) is 2. The molecule has 2 unspecified atom stereocenters. The summed E-state index contributed by atoms with van der Waals surface area (Å²) >= 11 is 5.83. The molecule has 2 rings (SSSR count). The lowest BCUT2D eigenvalue weighted by molar-refractivity contribution is -0.0184. The Morgan fingerprint density at radius 1 is 1.47 bits per heavy atom. The van der Waals surface area contributed by atoms with Crippen LogP contribution in [0.4, 0.5) is 10.6 Å². The average molecular weight is 290 g/mol. The zero-order valence-corrected chi connectivity index (χ0v) is 11.6. The van der Waals surface area contributed by atoms with Crippen molar-refractivity contribution in [3.8, 4) is 0 Å². The molecule has 1 aliphatic rings. The van der Waals surface area contributed by atoms with Crippen LogP contribution in [0.5, 0.6) is 0 Å². The number of likely N-dealkylation sites (N-methyl/N-ethyl adjacent to an activating group) is 1. The van der Waals surface area contributed by atoms with Crippen LogP contribution in [0.1, 0.15) is 19.6 Å². The van der Waals surface area contributed by atoms with Gasteiger partial charge in [0.05, 0.1) is 0 Å². The summed E-state index contributed by atoms with van der Waals surface area (Å²) in [5, 5.41) is 23.2. The van der Waals surface area contributed by atoms with Gasteiger partial charge in [0.2, 0.25) is 0 Å². The number of carbonyl (C=O) groups excluding carboxylic acids is 1. The predicted octanol–water partition coefficient (Wildman–Crippen LogP) is 0.700. The van der Waals surface area contributed by atoms with Gasteiger partial charge >= 0.3 is 6.03 Å². The maximum atomic E-state index is 11.9. The predicted molar refractivity (Wildman–Crippen MR) is 67.9 cm³/mol. The lowest BCUT2D eigenvalue weighted by Crippen LogP contribution is -2.36. The summed E-state index contributed by atoms with van der Waals surface area (Å²) in [6.07, 6.45) is -2.68. The Morgan fingerprint density at radius 2 is 2.11 bits per heavy atom. The van der Waals surface area contributed by atoms with E-state index in [1.54, 1.807) is 0 Å². The van der Waals surface area contributed by atoms with Crippen molar-refractivity contribution in [2.75, 3.05) is 17.8 Å². The number of alkyl halides is 1. The number of amides is 2. The summed E-state index contributed by atoms with van der Waals surface area (Å²) in [5.74, 6) is 0.969. The van der Waals surface area contributed by atoms with Gasteiger partial charge in [-0.1, -0.05) is 19.0 Å².